The SMILES string of the molecule is CCOc1cccc([C@@H](O)CN(C)S(=O)(=O)c2ccc3[nH]c(=O)[nH]c3c2)c1. The molecule has 0 aliphatic carbocycles. The van der Waals surface area contributed by atoms with Crippen molar-refractivity contribution in [2.24, 2.45) is 0 Å². The number of benzene rings is 2. The normalized spacial score (nSPS) is 13.2. The lowest BCUT2D eigenvalue weighted by molar-refractivity contribution is 0.154. The quantitative estimate of drug-likeness (QED) is 0.566. The Hall–Kier alpha value is -2.62. The number of aliphatic hydroxyl groups is 1. The van der Waals surface area contributed by atoms with Crippen molar-refractivity contribution in [1.29, 1.82) is 0 Å². The van der Waals surface area contributed by atoms with Gasteiger partial charge in [-0.15, -0.1) is 0 Å². The van der Waals surface area contributed by atoms with Crippen LogP contribution in [-0.2, 0) is 10.0 Å². The van der Waals surface area contributed by atoms with Crippen molar-refractivity contribution in [3.63, 3.8) is 0 Å². The molecule has 8 nitrogen and oxygen atoms in total. The first-order valence-corrected chi connectivity index (χ1v) is 9.84. The highest BCUT2D eigenvalue weighted by Gasteiger charge is 2.24. The molecule has 1 heterocycles. The van der Waals surface area contributed by atoms with E-state index in [-0.39, 0.29) is 11.4 Å². The molecule has 1 aromatic heterocycles. The fourth-order valence-corrected chi connectivity index (χ4v) is 3.98. The van der Waals surface area contributed by atoms with Gasteiger partial charge in [-0.3, -0.25) is 0 Å². The van der Waals surface area contributed by atoms with Gasteiger partial charge >= 0.3 is 5.69 Å². The van der Waals surface area contributed by atoms with Crippen molar-refractivity contribution in [2.45, 2.75) is 17.9 Å². The molecule has 0 spiro atoms. The summed E-state index contributed by atoms with van der Waals surface area (Å²) in [5.41, 5.74) is 1.08. The van der Waals surface area contributed by atoms with Gasteiger partial charge in [-0.05, 0) is 42.8 Å². The first-order chi connectivity index (χ1) is 12.8. The van der Waals surface area contributed by atoms with E-state index in [0.29, 0.717) is 29.0 Å². The molecule has 9 heteroatoms. The van der Waals surface area contributed by atoms with Gasteiger partial charge in [0.15, 0.2) is 0 Å². The highest BCUT2D eigenvalue weighted by atomic mass is 32.2. The van der Waals surface area contributed by atoms with Crippen molar-refractivity contribution < 1.29 is 18.3 Å². The molecular formula is C18H21N3O5S. The number of H-pyrrole nitrogens is 2. The average Bonchev–Trinajstić information content (AvgIpc) is 3.01. The number of imidazole rings is 1. The van der Waals surface area contributed by atoms with Crippen molar-refractivity contribution in [3.8, 4) is 5.75 Å². The molecule has 0 saturated heterocycles. The van der Waals surface area contributed by atoms with Crippen LogP contribution in [0.4, 0.5) is 0 Å². The van der Waals surface area contributed by atoms with Gasteiger partial charge in [-0.1, -0.05) is 12.1 Å². The molecule has 0 fully saturated rings. The maximum atomic E-state index is 12.8. The molecule has 0 unspecified atom stereocenters. The zero-order chi connectivity index (χ0) is 19.6. The van der Waals surface area contributed by atoms with Crippen LogP contribution in [0.5, 0.6) is 5.75 Å². The third-order valence-corrected chi connectivity index (χ3v) is 6.00. The van der Waals surface area contributed by atoms with Crippen molar-refractivity contribution >= 4 is 21.1 Å². The zero-order valence-corrected chi connectivity index (χ0v) is 15.8. The first kappa shape index (κ1) is 19.2. The van der Waals surface area contributed by atoms with E-state index in [0.717, 1.165) is 4.31 Å². The molecule has 0 bridgehead atoms. The number of sulfonamides is 1. The van der Waals surface area contributed by atoms with E-state index >= 15 is 0 Å². The molecule has 3 aromatic rings. The summed E-state index contributed by atoms with van der Waals surface area (Å²) in [5, 5.41) is 10.5. The predicted molar refractivity (Wildman–Crippen MR) is 101 cm³/mol. The Bertz CT molecular complexity index is 1100. The summed E-state index contributed by atoms with van der Waals surface area (Å²) >= 11 is 0. The maximum absolute atomic E-state index is 12.8. The summed E-state index contributed by atoms with van der Waals surface area (Å²) in [6.07, 6.45) is -1.01. The Balaban J connectivity index is 1.81. The van der Waals surface area contributed by atoms with Gasteiger partial charge in [-0.25, -0.2) is 13.2 Å². The van der Waals surface area contributed by atoms with Crippen molar-refractivity contribution in [3.05, 3.63) is 58.5 Å². The van der Waals surface area contributed by atoms with Crippen LogP contribution in [0.1, 0.15) is 18.6 Å². The highest BCUT2D eigenvalue weighted by molar-refractivity contribution is 7.89. The van der Waals surface area contributed by atoms with Gasteiger partial charge in [0, 0.05) is 13.6 Å². The minimum atomic E-state index is -3.84. The second-order valence-electron chi connectivity index (χ2n) is 6.09. The number of likely N-dealkylation sites (N-methyl/N-ethyl adjacent to an activating group) is 1. The van der Waals surface area contributed by atoms with Gasteiger partial charge in [0.1, 0.15) is 5.75 Å². The lowest BCUT2D eigenvalue weighted by Gasteiger charge is -2.21. The number of aromatic nitrogens is 2. The molecule has 0 saturated carbocycles. The molecule has 144 valence electrons. The van der Waals surface area contributed by atoms with E-state index in [4.69, 9.17) is 4.74 Å². The molecule has 0 aliphatic heterocycles. The van der Waals surface area contributed by atoms with Crippen LogP contribution in [0.15, 0.2) is 52.2 Å². The number of fused-ring (bicyclic) bond motifs is 1. The van der Waals surface area contributed by atoms with Gasteiger partial charge in [-0.2, -0.15) is 4.31 Å². The van der Waals surface area contributed by atoms with Crippen LogP contribution in [0.25, 0.3) is 11.0 Å². The summed E-state index contributed by atoms with van der Waals surface area (Å²) < 4.78 is 32.1. The van der Waals surface area contributed by atoms with Crippen LogP contribution in [-0.4, -0.2) is 48.0 Å². The number of hydrogen-bond acceptors (Lipinski definition) is 5. The minimum absolute atomic E-state index is 0.0306. The van der Waals surface area contributed by atoms with Crippen molar-refractivity contribution in [2.75, 3.05) is 20.2 Å². The number of aliphatic hydroxyl groups excluding tert-OH is 1. The molecule has 27 heavy (non-hydrogen) atoms. The second-order valence-corrected chi connectivity index (χ2v) is 8.14. The standard InChI is InChI=1S/C18H21N3O5S/c1-3-26-13-6-4-5-12(9-13)17(22)11-21(2)27(24,25)14-7-8-15-16(10-14)20-18(23)19-15/h4-10,17,22H,3,11H2,1-2H3,(H2,19,20,23)/t17-/m0/s1. The molecule has 3 N–H and O–H groups in total. The van der Waals surface area contributed by atoms with Crippen LogP contribution in [0.2, 0.25) is 0 Å². The summed E-state index contributed by atoms with van der Waals surface area (Å²) in [6, 6.07) is 11.2. The van der Waals surface area contributed by atoms with E-state index < -0.39 is 21.8 Å². The fourth-order valence-electron chi connectivity index (χ4n) is 2.78. The largest absolute Gasteiger partial charge is 0.494 e. The van der Waals surface area contributed by atoms with E-state index in [9.17, 15) is 18.3 Å². The minimum Gasteiger partial charge on any atom is -0.494 e. The van der Waals surface area contributed by atoms with Crippen LogP contribution in [0, 0.1) is 0 Å². The Morgan fingerprint density at radius 2 is 1.89 bits per heavy atom. The Labute approximate surface area is 156 Å². The van der Waals surface area contributed by atoms with Gasteiger partial charge in [0.05, 0.1) is 28.6 Å². The Morgan fingerprint density at radius 1 is 1.15 bits per heavy atom. The maximum Gasteiger partial charge on any atom is 0.323 e. The Kier molecular flexibility index (Phi) is 5.36. The molecule has 2 aromatic carbocycles. The second kappa shape index (κ2) is 7.55. The smallest absolute Gasteiger partial charge is 0.323 e. The van der Waals surface area contributed by atoms with E-state index in [2.05, 4.69) is 9.97 Å². The lowest BCUT2D eigenvalue weighted by Crippen LogP contribution is -2.31. The topological polar surface area (TPSA) is 115 Å². The predicted octanol–water partition coefficient (Wildman–Crippen LogP) is 1.61. The summed E-state index contributed by atoms with van der Waals surface area (Å²) in [5.74, 6) is 0.612. The number of hydrogen-bond donors (Lipinski definition) is 3. The number of nitrogens with one attached hydrogen (secondary N) is 2. The number of ether oxygens (including phenoxy) is 1. The van der Waals surface area contributed by atoms with Gasteiger partial charge in [0.25, 0.3) is 0 Å². The third-order valence-electron chi connectivity index (χ3n) is 4.18. The molecule has 0 amide bonds. The van der Waals surface area contributed by atoms with Crippen LogP contribution < -0.4 is 10.4 Å². The van der Waals surface area contributed by atoms with E-state index in [1.54, 1.807) is 24.3 Å². The first-order valence-electron chi connectivity index (χ1n) is 8.40. The number of nitrogens with zero attached hydrogens (tertiary/aromatic N) is 1. The number of rotatable bonds is 7. The van der Waals surface area contributed by atoms with Gasteiger partial charge in [0.2, 0.25) is 10.0 Å². The number of aromatic amines is 2. The average molecular weight is 391 g/mol. The van der Waals surface area contributed by atoms with Crippen LogP contribution in [0.3, 0.4) is 0 Å². The molecule has 1 atom stereocenters. The summed E-state index contributed by atoms with van der Waals surface area (Å²) in [6.45, 7) is 2.23. The summed E-state index contributed by atoms with van der Waals surface area (Å²) in [7, 11) is -2.44. The van der Waals surface area contributed by atoms with Crippen molar-refractivity contribution in [1.82, 2.24) is 14.3 Å². The molecular weight excluding hydrogens is 370 g/mol. The highest BCUT2D eigenvalue weighted by Crippen LogP contribution is 2.23. The van der Waals surface area contributed by atoms with Gasteiger partial charge < -0.3 is 19.8 Å². The lowest BCUT2D eigenvalue weighted by atomic mass is 10.1. The molecule has 3 rings (SSSR count). The monoisotopic (exact) mass is 391 g/mol. The molecule has 0 aliphatic rings. The zero-order valence-electron chi connectivity index (χ0n) is 15.0. The van der Waals surface area contributed by atoms with E-state index in [1.807, 2.05) is 6.92 Å². The molecule has 0 radical (unpaired) electrons. The van der Waals surface area contributed by atoms with Crippen LogP contribution >= 0.6 is 0 Å². The fraction of sp³-hybridized carbons (Fsp3) is 0.278. The Morgan fingerprint density at radius 3 is 2.63 bits per heavy atom. The van der Waals surface area contributed by atoms with E-state index in [1.165, 1.54) is 25.2 Å². The summed E-state index contributed by atoms with van der Waals surface area (Å²) in [4.78, 5) is 16.5. The third kappa shape index (κ3) is 4.05.